The number of nitrogens with zero attached hydrogens (tertiary/aromatic N) is 6. The van der Waals surface area contributed by atoms with E-state index in [9.17, 15) is 0 Å². The van der Waals surface area contributed by atoms with Crippen LogP contribution in [-0.2, 0) is 6.54 Å². The van der Waals surface area contributed by atoms with E-state index in [1.807, 2.05) is 37.5 Å². The third-order valence-electron chi connectivity index (χ3n) is 5.89. The first kappa shape index (κ1) is 18.9. The molecule has 5 rings (SSSR count). The van der Waals surface area contributed by atoms with E-state index in [-0.39, 0.29) is 6.04 Å². The van der Waals surface area contributed by atoms with E-state index in [1.165, 1.54) is 0 Å². The highest BCUT2D eigenvalue weighted by Crippen LogP contribution is 2.27. The van der Waals surface area contributed by atoms with Gasteiger partial charge in [-0.2, -0.15) is 0 Å². The lowest BCUT2D eigenvalue weighted by Crippen LogP contribution is -2.46. The number of pyridine rings is 3. The molecule has 0 amide bonds. The highest BCUT2D eigenvalue weighted by molar-refractivity contribution is 5.63. The Kier molecular flexibility index (Phi) is 5.02. The molecule has 1 aliphatic heterocycles. The van der Waals surface area contributed by atoms with E-state index in [2.05, 4.69) is 67.7 Å². The molecule has 4 aromatic rings. The van der Waals surface area contributed by atoms with Crippen LogP contribution in [0.3, 0.4) is 0 Å². The normalized spacial score (nSPS) is 18.1. The third kappa shape index (κ3) is 3.72. The van der Waals surface area contributed by atoms with E-state index in [1.54, 1.807) is 0 Å². The summed E-state index contributed by atoms with van der Waals surface area (Å²) in [6.45, 7) is 5.93. The van der Waals surface area contributed by atoms with Gasteiger partial charge in [0.05, 0.1) is 23.1 Å². The van der Waals surface area contributed by atoms with Crippen LogP contribution in [0.2, 0.25) is 0 Å². The number of piperazine rings is 1. The number of hydrogen-bond donors (Lipinski definition) is 0. The summed E-state index contributed by atoms with van der Waals surface area (Å²) in [6, 6.07) is 16.9. The van der Waals surface area contributed by atoms with Gasteiger partial charge in [0.25, 0.3) is 0 Å². The molecule has 5 heterocycles. The first-order chi connectivity index (χ1) is 14.7. The Morgan fingerprint density at radius 1 is 0.967 bits per heavy atom. The Labute approximate surface area is 176 Å². The van der Waals surface area contributed by atoms with Crippen LogP contribution in [0, 0.1) is 6.92 Å². The van der Waals surface area contributed by atoms with Crippen LogP contribution in [0.5, 0.6) is 0 Å². The van der Waals surface area contributed by atoms with Crippen LogP contribution < -0.4 is 0 Å². The van der Waals surface area contributed by atoms with Crippen molar-refractivity contribution in [3.8, 4) is 11.3 Å². The molecule has 0 N–H and O–H groups in total. The van der Waals surface area contributed by atoms with Gasteiger partial charge in [0.15, 0.2) is 0 Å². The SMILES string of the molecule is Cc1cccc(CN2CCN(C)C(c3cn4c(-c5ccncc5)cccc4n3)C2)n1. The fraction of sp³-hybridized carbons (Fsp3) is 0.292. The van der Waals surface area contributed by atoms with Crippen molar-refractivity contribution in [1.82, 2.24) is 29.2 Å². The topological polar surface area (TPSA) is 49.6 Å². The van der Waals surface area contributed by atoms with Crippen molar-refractivity contribution >= 4 is 5.65 Å². The van der Waals surface area contributed by atoms with Gasteiger partial charge < -0.3 is 0 Å². The minimum atomic E-state index is 0.258. The highest BCUT2D eigenvalue weighted by atomic mass is 15.3. The van der Waals surface area contributed by atoms with Gasteiger partial charge in [0.2, 0.25) is 0 Å². The van der Waals surface area contributed by atoms with Gasteiger partial charge >= 0.3 is 0 Å². The Bertz CT molecular complexity index is 1150. The predicted molar refractivity (Wildman–Crippen MR) is 118 cm³/mol. The van der Waals surface area contributed by atoms with Crippen molar-refractivity contribution in [2.24, 2.45) is 0 Å². The number of rotatable bonds is 4. The first-order valence-electron chi connectivity index (χ1n) is 10.4. The maximum atomic E-state index is 4.99. The number of hydrogen-bond acceptors (Lipinski definition) is 5. The molecule has 1 aliphatic rings. The lowest BCUT2D eigenvalue weighted by atomic mass is 10.1. The quantitative estimate of drug-likeness (QED) is 0.526. The van der Waals surface area contributed by atoms with Gasteiger partial charge in [0, 0.05) is 56.0 Å². The second-order valence-electron chi connectivity index (χ2n) is 8.04. The van der Waals surface area contributed by atoms with Crippen molar-refractivity contribution in [3.63, 3.8) is 0 Å². The van der Waals surface area contributed by atoms with E-state index >= 15 is 0 Å². The molecule has 152 valence electrons. The average Bonchev–Trinajstić information content (AvgIpc) is 3.20. The third-order valence-corrected chi connectivity index (χ3v) is 5.89. The van der Waals surface area contributed by atoms with Gasteiger partial charge in [-0.25, -0.2) is 4.98 Å². The van der Waals surface area contributed by atoms with E-state index < -0.39 is 0 Å². The summed E-state index contributed by atoms with van der Waals surface area (Å²) in [5, 5.41) is 0. The van der Waals surface area contributed by atoms with Gasteiger partial charge in [-0.3, -0.25) is 24.2 Å². The zero-order chi connectivity index (χ0) is 20.5. The maximum absolute atomic E-state index is 4.99. The monoisotopic (exact) mass is 398 g/mol. The molecule has 6 heteroatoms. The summed E-state index contributed by atoms with van der Waals surface area (Å²) in [5.41, 5.74) is 6.57. The van der Waals surface area contributed by atoms with Crippen molar-refractivity contribution < 1.29 is 0 Å². The maximum Gasteiger partial charge on any atom is 0.137 e. The zero-order valence-electron chi connectivity index (χ0n) is 17.4. The Morgan fingerprint density at radius 2 is 1.80 bits per heavy atom. The number of imidazole rings is 1. The molecule has 0 bridgehead atoms. The summed E-state index contributed by atoms with van der Waals surface area (Å²) in [4.78, 5) is 18.7. The smallest absolute Gasteiger partial charge is 0.137 e. The first-order valence-corrected chi connectivity index (χ1v) is 10.4. The van der Waals surface area contributed by atoms with E-state index in [0.29, 0.717) is 0 Å². The molecule has 0 spiro atoms. The van der Waals surface area contributed by atoms with Crippen molar-refractivity contribution in [1.29, 1.82) is 0 Å². The van der Waals surface area contributed by atoms with Crippen molar-refractivity contribution in [3.05, 3.63) is 84.2 Å². The second kappa shape index (κ2) is 7.97. The number of aromatic nitrogens is 4. The van der Waals surface area contributed by atoms with Gasteiger partial charge in [-0.05, 0) is 50.4 Å². The summed E-state index contributed by atoms with van der Waals surface area (Å²) in [5.74, 6) is 0. The fourth-order valence-electron chi connectivity index (χ4n) is 4.26. The minimum absolute atomic E-state index is 0.258. The predicted octanol–water partition coefficient (Wildman–Crippen LogP) is 3.59. The summed E-state index contributed by atoms with van der Waals surface area (Å²) in [7, 11) is 2.20. The molecule has 30 heavy (non-hydrogen) atoms. The number of fused-ring (bicyclic) bond motifs is 1. The van der Waals surface area contributed by atoms with Crippen molar-refractivity contribution in [2.75, 3.05) is 26.7 Å². The second-order valence-corrected chi connectivity index (χ2v) is 8.04. The van der Waals surface area contributed by atoms with Crippen LogP contribution in [0.1, 0.15) is 23.1 Å². The minimum Gasteiger partial charge on any atom is -0.299 e. The molecule has 1 fully saturated rings. The van der Waals surface area contributed by atoms with Crippen LogP contribution in [0.25, 0.3) is 16.9 Å². The van der Waals surface area contributed by atoms with Gasteiger partial charge in [-0.1, -0.05) is 12.1 Å². The Balaban J connectivity index is 1.43. The molecular weight excluding hydrogens is 372 g/mol. The lowest BCUT2D eigenvalue weighted by Gasteiger charge is -2.38. The van der Waals surface area contributed by atoms with Gasteiger partial charge in [-0.15, -0.1) is 0 Å². The molecule has 6 nitrogen and oxygen atoms in total. The van der Waals surface area contributed by atoms with Crippen LogP contribution in [-0.4, -0.2) is 55.8 Å². The molecule has 1 atom stereocenters. The van der Waals surface area contributed by atoms with Crippen LogP contribution in [0.4, 0.5) is 0 Å². The summed E-state index contributed by atoms with van der Waals surface area (Å²) < 4.78 is 2.19. The Morgan fingerprint density at radius 3 is 2.63 bits per heavy atom. The largest absolute Gasteiger partial charge is 0.299 e. The van der Waals surface area contributed by atoms with Gasteiger partial charge in [0.1, 0.15) is 5.65 Å². The van der Waals surface area contributed by atoms with Crippen LogP contribution >= 0.6 is 0 Å². The summed E-state index contributed by atoms with van der Waals surface area (Å²) in [6.07, 6.45) is 5.86. The number of aryl methyl sites for hydroxylation is 1. The van der Waals surface area contributed by atoms with Crippen molar-refractivity contribution in [2.45, 2.75) is 19.5 Å². The molecule has 4 aromatic heterocycles. The standard InChI is InChI=1S/C24H26N6/c1-18-5-3-6-20(26-18)15-29-14-13-28(2)23(17-29)21-16-30-22(7-4-8-24(30)27-21)19-9-11-25-12-10-19/h3-12,16,23H,13-15,17H2,1-2H3. The van der Waals surface area contributed by atoms with E-state index in [4.69, 9.17) is 4.98 Å². The lowest BCUT2D eigenvalue weighted by molar-refractivity contribution is 0.0876. The Hall–Kier alpha value is -3.09. The fourth-order valence-corrected chi connectivity index (χ4v) is 4.26. The molecule has 0 saturated carbocycles. The highest BCUT2D eigenvalue weighted by Gasteiger charge is 2.28. The molecule has 0 aromatic carbocycles. The molecule has 1 saturated heterocycles. The zero-order valence-corrected chi connectivity index (χ0v) is 17.4. The molecular formula is C24H26N6. The number of likely N-dealkylation sites (N-methyl/N-ethyl adjacent to an activating group) is 1. The van der Waals surface area contributed by atoms with E-state index in [0.717, 1.165) is 60.2 Å². The average molecular weight is 399 g/mol. The molecule has 0 radical (unpaired) electrons. The molecule has 1 unspecified atom stereocenters. The van der Waals surface area contributed by atoms with Crippen LogP contribution in [0.15, 0.2) is 67.1 Å². The molecule has 0 aliphatic carbocycles. The summed E-state index contributed by atoms with van der Waals surface area (Å²) >= 11 is 0.